The molecule has 1 N–H and O–H groups in total. The van der Waals surface area contributed by atoms with Crippen molar-refractivity contribution in [3.05, 3.63) is 42.7 Å². The van der Waals surface area contributed by atoms with Gasteiger partial charge in [-0.2, -0.15) is 0 Å². The molecule has 55 heavy (non-hydrogen) atoms. The van der Waals surface area contributed by atoms with Crippen LogP contribution in [0.15, 0.2) is 42.7 Å². The zero-order chi connectivity index (χ0) is 40.0. The normalized spacial score (nSPS) is 13.5. The number of esters is 2. The van der Waals surface area contributed by atoms with Crippen LogP contribution in [0.4, 0.5) is 5.82 Å². The van der Waals surface area contributed by atoms with E-state index in [0.717, 1.165) is 81.1 Å². The number of hydrogen-bond acceptors (Lipinski definition) is 11. The third kappa shape index (κ3) is 25.8. The standard InChI is InChI=1S/C42H71N4O8P/c1-5-6-7-8-9-10-11-12-13-14-15-16-17-19-22-29-40(47)51-34-37(35-53-55(49,50)52-33-32-46(2,3)4)54-41(48)30-23-20-18-21-26-31-43-42-38-27-24-25-28-39(38)44-36-45-42/h12-13,24-25,27-28,36-37H,5-11,14-23,26,29-35H2,1-4H3,(H-,43,44,45,49,50)/b13-12-/t37-/m1/s1. The Kier molecular flexibility index (Phi) is 25.8. The number of allylic oxidation sites excluding steroid dienone is 2. The fourth-order valence-electron chi connectivity index (χ4n) is 5.87. The van der Waals surface area contributed by atoms with Gasteiger partial charge in [0.15, 0.2) is 6.10 Å². The van der Waals surface area contributed by atoms with E-state index in [-0.39, 0.29) is 26.1 Å². The number of anilines is 1. The van der Waals surface area contributed by atoms with Crippen LogP contribution in [-0.2, 0) is 32.7 Å². The first kappa shape index (κ1) is 48.3. The predicted octanol–water partition coefficient (Wildman–Crippen LogP) is 9.08. The van der Waals surface area contributed by atoms with Crippen LogP contribution >= 0.6 is 7.82 Å². The molecule has 2 aromatic rings. The average molecular weight is 791 g/mol. The molecule has 0 saturated carbocycles. The molecule has 2 rings (SSSR count). The van der Waals surface area contributed by atoms with E-state index < -0.39 is 32.5 Å². The van der Waals surface area contributed by atoms with Crippen LogP contribution in [0.2, 0.25) is 0 Å². The molecule has 0 aliphatic carbocycles. The van der Waals surface area contributed by atoms with Gasteiger partial charge >= 0.3 is 11.9 Å². The summed E-state index contributed by atoms with van der Waals surface area (Å²) in [7, 11) is 1.10. The number of aromatic nitrogens is 2. The number of nitrogens with one attached hydrogen (secondary N) is 1. The minimum Gasteiger partial charge on any atom is -0.756 e. The number of phosphoric acid groups is 1. The molecular formula is C42H71N4O8P. The van der Waals surface area contributed by atoms with Gasteiger partial charge in [-0.05, 0) is 57.1 Å². The summed E-state index contributed by atoms with van der Waals surface area (Å²) in [5.41, 5.74) is 0.901. The number of unbranched alkanes of at least 4 members (excludes halogenated alkanes) is 15. The first-order valence-electron chi connectivity index (χ1n) is 20.8. The molecule has 0 aliphatic heterocycles. The number of likely N-dealkylation sites (N-methyl/N-ethyl adjacent to an activating group) is 1. The van der Waals surface area contributed by atoms with Gasteiger partial charge in [-0.25, -0.2) is 9.97 Å². The van der Waals surface area contributed by atoms with E-state index in [9.17, 15) is 19.0 Å². The molecular weight excluding hydrogens is 719 g/mol. The van der Waals surface area contributed by atoms with Crippen molar-refractivity contribution in [3.63, 3.8) is 0 Å². The number of carbonyl (C=O) groups excluding carboxylic acids is 2. The van der Waals surface area contributed by atoms with E-state index in [2.05, 4.69) is 34.4 Å². The third-order valence-corrected chi connectivity index (χ3v) is 10.2. The predicted molar refractivity (Wildman–Crippen MR) is 218 cm³/mol. The molecule has 0 saturated heterocycles. The molecule has 1 aromatic heterocycles. The summed E-state index contributed by atoms with van der Waals surface area (Å²) < 4.78 is 33.9. The van der Waals surface area contributed by atoms with Crippen LogP contribution in [-0.4, -0.2) is 86.5 Å². The van der Waals surface area contributed by atoms with Crippen LogP contribution in [0.1, 0.15) is 135 Å². The van der Waals surface area contributed by atoms with Crippen molar-refractivity contribution in [3.8, 4) is 0 Å². The van der Waals surface area contributed by atoms with Crippen LogP contribution in [0.5, 0.6) is 0 Å². The number of ether oxygens (including phenoxy) is 2. The number of phosphoric ester groups is 1. The van der Waals surface area contributed by atoms with Crippen molar-refractivity contribution < 1.29 is 42.1 Å². The summed E-state index contributed by atoms with van der Waals surface area (Å²) in [5, 5.41) is 4.38. The van der Waals surface area contributed by atoms with Gasteiger partial charge in [0.1, 0.15) is 31.9 Å². The molecule has 1 aromatic carbocycles. The van der Waals surface area contributed by atoms with Crippen LogP contribution in [0.25, 0.3) is 10.9 Å². The summed E-state index contributed by atoms with van der Waals surface area (Å²) in [6, 6.07) is 7.88. The summed E-state index contributed by atoms with van der Waals surface area (Å²) in [6.07, 6.45) is 25.0. The number of rotatable bonds is 34. The van der Waals surface area contributed by atoms with Crippen molar-refractivity contribution in [2.45, 2.75) is 141 Å². The van der Waals surface area contributed by atoms with E-state index in [1.807, 2.05) is 45.4 Å². The Bertz CT molecular complexity index is 1400. The van der Waals surface area contributed by atoms with E-state index in [0.29, 0.717) is 23.9 Å². The van der Waals surface area contributed by atoms with E-state index in [1.165, 1.54) is 44.9 Å². The molecule has 312 valence electrons. The monoisotopic (exact) mass is 791 g/mol. The van der Waals surface area contributed by atoms with Crippen molar-refractivity contribution in [2.24, 2.45) is 0 Å². The molecule has 1 heterocycles. The Labute approximate surface area is 331 Å². The second-order valence-electron chi connectivity index (χ2n) is 15.4. The molecule has 0 radical (unpaired) electrons. The van der Waals surface area contributed by atoms with Gasteiger partial charge < -0.3 is 33.2 Å². The maximum atomic E-state index is 12.7. The number of hydrogen-bond donors (Lipinski definition) is 1. The fourth-order valence-corrected chi connectivity index (χ4v) is 6.60. The Morgan fingerprint density at radius 3 is 2.05 bits per heavy atom. The first-order chi connectivity index (χ1) is 26.5. The largest absolute Gasteiger partial charge is 0.756 e. The topological polar surface area (TPSA) is 149 Å². The van der Waals surface area contributed by atoms with E-state index in [4.69, 9.17) is 18.5 Å². The van der Waals surface area contributed by atoms with Gasteiger partial charge in [0, 0.05) is 24.8 Å². The lowest BCUT2D eigenvalue weighted by Gasteiger charge is -2.28. The average Bonchev–Trinajstić information content (AvgIpc) is 3.14. The lowest BCUT2D eigenvalue weighted by atomic mass is 10.1. The first-order valence-corrected chi connectivity index (χ1v) is 22.3. The molecule has 0 aliphatic rings. The molecule has 2 atom stereocenters. The molecule has 0 amide bonds. The maximum Gasteiger partial charge on any atom is 0.306 e. The Balaban J connectivity index is 1.64. The highest BCUT2D eigenvalue weighted by atomic mass is 31.2. The number of fused-ring (bicyclic) bond motifs is 1. The second-order valence-corrected chi connectivity index (χ2v) is 16.8. The zero-order valence-electron chi connectivity index (χ0n) is 34.4. The number of para-hydroxylation sites is 1. The minimum absolute atomic E-state index is 0.0483. The molecule has 1 unspecified atom stereocenters. The number of carbonyl (C=O) groups is 2. The summed E-state index contributed by atoms with van der Waals surface area (Å²) in [4.78, 5) is 46.2. The van der Waals surface area contributed by atoms with Crippen molar-refractivity contribution in [1.82, 2.24) is 9.97 Å². The Morgan fingerprint density at radius 1 is 0.782 bits per heavy atom. The fraction of sp³-hybridized carbons (Fsp3) is 0.714. The van der Waals surface area contributed by atoms with Crippen LogP contribution in [0.3, 0.4) is 0 Å². The molecule has 13 heteroatoms. The highest BCUT2D eigenvalue weighted by Gasteiger charge is 2.21. The lowest BCUT2D eigenvalue weighted by molar-refractivity contribution is -0.870. The second kappa shape index (κ2) is 29.4. The maximum absolute atomic E-state index is 12.7. The van der Waals surface area contributed by atoms with Crippen LogP contribution < -0.4 is 10.2 Å². The molecule has 0 spiro atoms. The number of nitrogens with zero attached hydrogens (tertiary/aromatic N) is 3. The lowest BCUT2D eigenvalue weighted by Crippen LogP contribution is -2.37. The molecule has 12 nitrogen and oxygen atoms in total. The SMILES string of the molecule is CCCCCCCC/C=C\CCCCCCCC(=O)OC[C@H](COP(=O)([O-])OCC[N+](C)(C)C)OC(=O)CCCCCCCNc1ncnc2ccccc12. The highest BCUT2D eigenvalue weighted by Crippen LogP contribution is 2.38. The van der Waals surface area contributed by atoms with Crippen molar-refractivity contribution >= 4 is 36.5 Å². The van der Waals surface area contributed by atoms with Gasteiger partial charge in [-0.15, -0.1) is 0 Å². The third-order valence-electron chi connectivity index (χ3n) is 9.19. The van der Waals surface area contributed by atoms with Crippen LogP contribution in [0, 0.1) is 0 Å². The van der Waals surface area contributed by atoms with E-state index in [1.54, 1.807) is 6.33 Å². The Hall–Kier alpha value is -2.89. The Morgan fingerprint density at radius 2 is 1.38 bits per heavy atom. The van der Waals surface area contributed by atoms with Crippen molar-refractivity contribution in [2.75, 3.05) is 59.4 Å². The van der Waals surface area contributed by atoms with E-state index >= 15 is 0 Å². The summed E-state index contributed by atoms with van der Waals surface area (Å²) >= 11 is 0. The molecule has 0 bridgehead atoms. The van der Waals surface area contributed by atoms with Gasteiger partial charge in [0.25, 0.3) is 7.82 Å². The smallest absolute Gasteiger partial charge is 0.306 e. The van der Waals surface area contributed by atoms with Gasteiger partial charge in [-0.3, -0.25) is 14.2 Å². The summed E-state index contributed by atoms with van der Waals surface area (Å²) in [5.74, 6) is -0.0823. The highest BCUT2D eigenvalue weighted by molar-refractivity contribution is 7.45. The number of quaternary nitrogens is 1. The molecule has 0 fully saturated rings. The number of benzene rings is 1. The van der Waals surface area contributed by atoms with Crippen molar-refractivity contribution in [1.29, 1.82) is 0 Å². The zero-order valence-corrected chi connectivity index (χ0v) is 35.2. The van der Waals surface area contributed by atoms with Gasteiger partial charge in [0.2, 0.25) is 0 Å². The quantitative estimate of drug-likeness (QED) is 0.0238. The van der Waals surface area contributed by atoms with Gasteiger partial charge in [0.05, 0.1) is 33.3 Å². The minimum atomic E-state index is -4.65. The summed E-state index contributed by atoms with van der Waals surface area (Å²) in [6.45, 7) is 2.65. The van der Waals surface area contributed by atoms with Gasteiger partial charge in [-0.1, -0.05) is 102 Å².